The highest BCUT2D eigenvalue weighted by atomic mass is 16.5. The van der Waals surface area contributed by atoms with E-state index in [4.69, 9.17) is 4.74 Å². The van der Waals surface area contributed by atoms with Gasteiger partial charge in [-0.05, 0) is 26.2 Å². The average molecular weight is 222 g/mol. The summed E-state index contributed by atoms with van der Waals surface area (Å²) in [5.74, 6) is 0.464. The molecule has 1 aromatic heterocycles. The lowest BCUT2D eigenvalue weighted by Crippen LogP contribution is -2.10. The molecule has 1 rings (SSSR count). The number of nitrogens with zero attached hydrogens (tertiary/aromatic N) is 2. The van der Waals surface area contributed by atoms with E-state index in [-0.39, 0.29) is 5.97 Å². The van der Waals surface area contributed by atoms with Crippen molar-refractivity contribution in [3.63, 3.8) is 0 Å². The molecule has 0 atom stereocenters. The maximum absolute atomic E-state index is 10.9. The van der Waals surface area contributed by atoms with Gasteiger partial charge in [0, 0.05) is 6.92 Å². The maximum Gasteiger partial charge on any atom is 0.309 e. The van der Waals surface area contributed by atoms with Crippen LogP contribution in [0.4, 0.5) is 0 Å². The van der Waals surface area contributed by atoms with E-state index in [0.29, 0.717) is 17.5 Å². The summed E-state index contributed by atoms with van der Waals surface area (Å²) in [7, 11) is 0. The molecule has 0 aliphatic carbocycles. The molecule has 0 saturated heterocycles. The minimum Gasteiger partial charge on any atom is -0.406 e. The molecule has 1 aromatic rings. The summed E-state index contributed by atoms with van der Waals surface area (Å²) in [6.07, 6.45) is 0.841. The third-order valence-corrected chi connectivity index (χ3v) is 2.14. The predicted octanol–water partition coefficient (Wildman–Crippen LogP) is 2.22. The number of hydrogen-bond donors (Lipinski definition) is 0. The lowest BCUT2D eigenvalue weighted by Gasteiger charge is -2.10. The topological polar surface area (TPSA) is 52.1 Å². The van der Waals surface area contributed by atoms with Crippen LogP contribution < -0.4 is 4.74 Å². The van der Waals surface area contributed by atoms with Crippen molar-refractivity contribution in [2.24, 2.45) is 5.92 Å². The van der Waals surface area contributed by atoms with E-state index in [0.717, 1.165) is 17.8 Å². The van der Waals surface area contributed by atoms with Gasteiger partial charge in [-0.3, -0.25) is 9.78 Å². The van der Waals surface area contributed by atoms with Crippen LogP contribution in [0.2, 0.25) is 0 Å². The SMILES string of the molecule is CC(=O)Oc1nc(CC(C)C)c(C)nc1C. The van der Waals surface area contributed by atoms with E-state index in [1.165, 1.54) is 6.92 Å². The van der Waals surface area contributed by atoms with Crippen molar-refractivity contribution in [2.75, 3.05) is 0 Å². The molecule has 0 aromatic carbocycles. The summed E-state index contributed by atoms with van der Waals surface area (Å²) in [4.78, 5) is 19.6. The molecule has 0 aliphatic heterocycles. The molecule has 16 heavy (non-hydrogen) atoms. The molecule has 0 radical (unpaired) electrons. The van der Waals surface area contributed by atoms with Crippen molar-refractivity contribution < 1.29 is 9.53 Å². The summed E-state index contributed by atoms with van der Waals surface area (Å²) >= 11 is 0. The van der Waals surface area contributed by atoms with Crippen LogP contribution in [0.25, 0.3) is 0 Å². The molecule has 0 N–H and O–H groups in total. The van der Waals surface area contributed by atoms with Crippen LogP contribution in [0.15, 0.2) is 0 Å². The number of hydrogen-bond acceptors (Lipinski definition) is 4. The fraction of sp³-hybridized carbons (Fsp3) is 0.583. The molecule has 0 amide bonds. The molecular formula is C12H18N2O2. The number of aromatic nitrogens is 2. The molecule has 4 nitrogen and oxygen atoms in total. The van der Waals surface area contributed by atoms with Crippen molar-refractivity contribution in [1.29, 1.82) is 0 Å². The zero-order valence-corrected chi connectivity index (χ0v) is 10.5. The third kappa shape index (κ3) is 3.29. The standard InChI is InChI=1S/C12H18N2O2/c1-7(2)6-11-8(3)13-9(4)12(14-11)16-10(5)15/h7H,6H2,1-5H3. The van der Waals surface area contributed by atoms with Gasteiger partial charge in [-0.1, -0.05) is 13.8 Å². The largest absolute Gasteiger partial charge is 0.406 e. The van der Waals surface area contributed by atoms with Gasteiger partial charge in [0.1, 0.15) is 5.69 Å². The lowest BCUT2D eigenvalue weighted by atomic mass is 10.1. The van der Waals surface area contributed by atoms with Crippen LogP contribution >= 0.6 is 0 Å². The minimum atomic E-state index is -0.364. The maximum atomic E-state index is 10.9. The van der Waals surface area contributed by atoms with Gasteiger partial charge < -0.3 is 4.74 Å². The minimum absolute atomic E-state index is 0.328. The van der Waals surface area contributed by atoms with E-state index in [9.17, 15) is 4.79 Å². The second-order valence-corrected chi connectivity index (χ2v) is 4.34. The van der Waals surface area contributed by atoms with Gasteiger partial charge in [-0.2, -0.15) is 0 Å². The zero-order valence-electron chi connectivity index (χ0n) is 10.5. The molecule has 0 fully saturated rings. The summed E-state index contributed by atoms with van der Waals surface area (Å²) in [6.45, 7) is 9.31. The van der Waals surface area contributed by atoms with E-state index in [1.807, 2.05) is 6.92 Å². The highest BCUT2D eigenvalue weighted by molar-refractivity contribution is 5.68. The van der Waals surface area contributed by atoms with Crippen LogP contribution in [0, 0.1) is 19.8 Å². The molecule has 4 heteroatoms. The van der Waals surface area contributed by atoms with Crippen molar-refractivity contribution >= 4 is 5.97 Å². The first kappa shape index (κ1) is 12.6. The molecule has 0 aliphatic rings. The molecule has 0 saturated carbocycles. The second-order valence-electron chi connectivity index (χ2n) is 4.34. The molecule has 0 unspecified atom stereocenters. The summed E-state index contributed by atoms with van der Waals surface area (Å²) < 4.78 is 5.01. The monoisotopic (exact) mass is 222 g/mol. The van der Waals surface area contributed by atoms with Gasteiger partial charge in [0.15, 0.2) is 0 Å². The molecule has 0 bridgehead atoms. The Kier molecular flexibility index (Phi) is 3.99. The number of carbonyl (C=O) groups is 1. The third-order valence-electron chi connectivity index (χ3n) is 2.14. The highest BCUT2D eigenvalue weighted by Crippen LogP contribution is 2.17. The number of carbonyl (C=O) groups excluding carboxylic acids is 1. The second kappa shape index (κ2) is 5.05. The Balaban J connectivity index is 3.05. The molecule has 1 heterocycles. The van der Waals surface area contributed by atoms with E-state index in [1.54, 1.807) is 6.92 Å². The van der Waals surface area contributed by atoms with Crippen LogP contribution in [-0.2, 0) is 11.2 Å². The fourth-order valence-corrected chi connectivity index (χ4v) is 1.46. The summed E-state index contributed by atoms with van der Waals surface area (Å²) in [6, 6.07) is 0. The average Bonchev–Trinajstić information content (AvgIpc) is 2.11. The molecular weight excluding hydrogens is 204 g/mol. The smallest absolute Gasteiger partial charge is 0.309 e. The summed E-state index contributed by atoms with van der Waals surface area (Å²) in [5.41, 5.74) is 2.46. The van der Waals surface area contributed by atoms with E-state index >= 15 is 0 Å². The van der Waals surface area contributed by atoms with Crippen LogP contribution in [0.3, 0.4) is 0 Å². The fourth-order valence-electron chi connectivity index (χ4n) is 1.46. The van der Waals surface area contributed by atoms with Crippen molar-refractivity contribution in [3.05, 3.63) is 17.1 Å². The van der Waals surface area contributed by atoms with Gasteiger partial charge in [0.05, 0.1) is 11.4 Å². The predicted molar refractivity (Wildman–Crippen MR) is 61.4 cm³/mol. The Morgan fingerprint density at radius 2 is 1.88 bits per heavy atom. The quantitative estimate of drug-likeness (QED) is 0.736. The van der Waals surface area contributed by atoms with E-state index < -0.39 is 0 Å². The molecule has 0 spiro atoms. The van der Waals surface area contributed by atoms with Crippen LogP contribution in [0.1, 0.15) is 37.9 Å². The van der Waals surface area contributed by atoms with Crippen molar-refractivity contribution in [2.45, 2.75) is 41.0 Å². The van der Waals surface area contributed by atoms with Crippen molar-refractivity contribution in [3.8, 4) is 5.88 Å². The van der Waals surface area contributed by atoms with Gasteiger partial charge in [0.2, 0.25) is 5.88 Å². The lowest BCUT2D eigenvalue weighted by molar-refractivity contribution is -0.132. The van der Waals surface area contributed by atoms with Crippen LogP contribution in [-0.4, -0.2) is 15.9 Å². The molecule has 88 valence electrons. The highest BCUT2D eigenvalue weighted by Gasteiger charge is 2.11. The van der Waals surface area contributed by atoms with E-state index in [2.05, 4.69) is 23.8 Å². The first-order valence-electron chi connectivity index (χ1n) is 5.42. The van der Waals surface area contributed by atoms with Gasteiger partial charge in [-0.25, -0.2) is 4.98 Å². The number of esters is 1. The van der Waals surface area contributed by atoms with Gasteiger partial charge >= 0.3 is 5.97 Å². The van der Waals surface area contributed by atoms with Gasteiger partial charge in [0.25, 0.3) is 0 Å². The number of ether oxygens (including phenoxy) is 1. The first-order valence-corrected chi connectivity index (χ1v) is 5.42. The zero-order chi connectivity index (χ0) is 12.3. The first-order chi connectivity index (χ1) is 7.40. The Labute approximate surface area is 96.1 Å². The summed E-state index contributed by atoms with van der Waals surface area (Å²) in [5, 5.41) is 0. The van der Waals surface area contributed by atoms with Crippen LogP contribution in [0.5, 0.6) is 5.88 Å². The number of rotatable bonds is 3. The van der Waals surface area contributed by atoms with Gasteiger partial charge in [-0.15, -0.1) is 0 Å². The number of aryl methyl sites for hydroxylation is 2. The Hall–Kier alpha value is -1.45. The normalized spacial score (nSPS) is 10.6. The van der Waals surface area contributed by atoms with Crippen molar-refractivity contribution in [1.82, 2.24) is 9.97 Å². The Morgan fingerprint density at radius 3 is 2.38 bits per heavy atom. The Bertz CT molecular complexity index is 400. The Morgan fingerprint density at radius 1 is 1.25 bits per heavy atom.